The van der Waals surface area contributed by atoms with Gasteiger partial charge in [0.25, 0.3) is 5.91 Å². The molecule has 0 saturated carbocycles. The molecule has 0 radical (unpaired) electrons. The molecule has 3 heterocycles. The molecule has 0 N–H and O–H groups in total. The molecular formula is C18H20N4O2S. The number of rotatable bonds is 3. The summed E-state index contributed by atoms with van der Waals surface area (Å²) in [6, 6.07) is 7.77. The first kappa shape index (κ1) is 16.1. The maximum atomic E-state index is 13.1. The predicted octanol–water partition coefficient (Wildman–Crippen LogP) is 2.46. The number of aromatic nitrogens is 2. The fourth-order valence-electron chi connectivity index (χ4n) is 3.14. The van der Waals surface area contributed by atoms with E-state index in [0.29, 0.717) is 5.69 Å². The topological polar surface area (TPSA) is 50.1 Å². The van der Waals surface area contributed by atoms with Gasteiger partial charge in [-0.05, 0) is 19.2 Å². The molecule has 0 atom stereocenters. The van der Waals surface area contributed by atoms with E-state index in [1.54, 1.807) is 7.11 Å². The van der Waals surface area contributed by atoms with Gasteiger partial charge in [-0.1, -0.05) is 12.1 Å². The zero-order valence-electron chi connectivity index (χ0n) is 14.3. The molecule has 0 unspecified atom stereocenters. The van der Waals surface area contributed by atoms with Gasteiger partial charge < -0.3 is 14.5 Å². The maximum Gasteiger partial charge on any atom is 0.274 e. The van der Waals surface area contributed by atoms with Crippen LogP contribution in [-0.2, 0) is 0 Å². The van der Waals surface area contributed by atoms with Crippen LogP contribution in [0.25, 0.3) is 16.2 Å². The minimum absolute atomic E-state index is 0.00169. The lowest BCUT2D eigenvalue weighted by Crippen LogP contribution is -2.47. The maximum absolute atomic E-state index is 13.1. The summed E-state index contributed by atoms with van der Waals surface area (Å²) in [5.41, 5.74) is 2.28. The Hall–Kier alpha value is -2.38. The molecule has 1 aromatic carbocycles. The van der Waals surface area contributed by atoms with Gasteiger partial charge in [-0.2, -0.15) is 0 Å². The lowest BCUT2D eigenvalue weighted by molar-refractivity contribution is 0.0660. The molecule has 2 aromatic heterocycles. The van der Waals surface area contributed by atoms with Crippen molar-refractivity contribution in [3.63, 3.8) is 0 Å². The van der Waals surface area contributed by atoms with Gasteiger partial charge in [0.05, 0.1) is 12.8 Å². The Kier molecular flexibility index (Phi) is 4.19. The minimum Gasteiger partial charge on any atom is -0.497 e. The summed E-state index contributed by atoms with van der Waals surface area (Å²) in [5.74, 6) is 0.766. The summed E-state index contributed by atoms with van der Waals surface area (Å²) in [5, 5.41) is 1.98. The van der Waals surface area contributed by atoms with E-state index in [4.69, 9.17) is 4.74 Å². The number of carbonyl (C=O) groups is 1. The molecule has 1 amide bonds. The number of hydrogen-bond acceptors (Lipinski definition) is 5. The van der Waals surface area contributed by atoms with E-state index in [2.05, 4.69) is 16.9 Å². The van der Waals surface area contributed by atoms with Crippen LogP contribution < -0.4 is 4.74 Å². The van der Waals surface area contributed by atoms with Crippen LogP contribution in [0.1, 0.15) is 10.5 Å². The Morgan fingerprint density at radius 1 is 1.24 bits per heavy atom. The molecule has 1 aliphatic rings. The van der Waals surface area contributed by atoms with Crippen LogP contribution in [0.2, 0.25) is 0 Å². The van der Waals surface area contributed by atoms with E-state index >= 15 is 0 Å². The van der Waals surface area contributed by atoms with E-state index in [9.17, 15) is 4.79 Å². The van der Waals surface area contributed by atoms with Gasteiger partial charge in [0.15, 0.2) is 10.7 Å². The van der Waals surface area contributed by atoms with Gasteiger partial charge in [-0.15, -0.1) is 11.3 Å². The lowest BCUT2D eigenvalue weighted by atomic mass is 10.1. The average molecular weight is 356 g/mol. The van der Waals surface area contributed by atoms with E-state index in [1.807, 2.05) is 45.1 Å². The monoisotopic (exact) mass is 356 g/mol. The van der Waals surface area contributed by atoms with Crippen molar-refractivity contribution < 1.29 is 9.53 Å². The summed E-state index contributed by atoms with van der Waals surface area (Å²) >= 11 is 1.53. The van der Waals surface area contributed by atoms with Crippen LogP contribution in [0.15, 0.2) is 35.8 Å². The standard InChI is InChI=1S/C18H20N4O2S/c1-20-6-8-21(9-7-20)17(23)15-16(22-10-11-25-18(22)19-15)13-4-3-5-14(12-13)24-2/h3-5,10-12H,6-9H2,1-2H3. The fourth-order valence-corrected chi connectivity index (χ4v) is 3.85. The zero-order valence-corrected chi connectivity index (χ0v) is 15.1. The second-order valence-corrected chi connectivity index (χ2v) is 7.07. The molecular weight excluding hydrogens is 336 g/mol. The van der Waals surface area contributed by atoms with Crippen molar-refractivity contribution >= 4 is 22.2 Å². The number of piperazine rings is 1. The van der Waals surface area contributed by atoms with Gasteiger partial charge in [0.2, 0.25) is 0 Å². The number of amides is 1. The quantitative estimate of drug-likeness (QED) is 0.723. The SMILES string of the molecule is COc1cccc(-c2c(C(=O)N3CCN(C)CC3)nc3sccn23)c1. The smallest absolute Gasteiger partial charge is 0.274 e. The number of carbonyl (C=O) groups excluding carboxylic acids is 1. The third-order valence-electron chi connectivity index (χ3n) is 4.60. The molecule has 25 heavy (non-hydrogen) atoms. The van der Waals surface area contributed by atoms with Crippen molar-refractivity contribution in [1.29, 1.82) is 0 Å². The summed E-state index contributed by atoms with van der Waals surface area (Å²) in [4.78, 5) is 22.7. The molecule has 3 aromatic rings. The van der Waals surface area contributed by atoms with E-state index < -0.39 is 0 Å². The highest BCUT2D eigenvalue weighted by atomic mass is 32.1. The number of hydrogen-bond donors (Lipinski definition) is 0. The van der Waals surface area contributed by atoms with Crippen molar-refractivity contribution in [3.05, 3.63) is 41.5 Å². The van der Waals surface area contributed by atoms with Crippen molar-refractivity contribution in [2.45, 2.75) is 0 Å². The molecule has 130 valence electrons. The Labute approximate surface area is 150 Å². The Morgan fingerprint density at radius 2 is 2.04 bits per heavy atom. The molecule has 0 aliphatic carbocycles. The highest BCUT2D eigenvalue weighted by molar-refractivity contribution is 7.15. The largest absolute Gasteiger partial charge is 0.497 e. The lowest BCUT2D eigenvalue weighted by Gasteiger charge is -2.32. The Balaban J connectivity index is 1.79. The van der Waals surface area contributed by atoms with Crippen molar-refractivity contribution in [2.75, 3.05) is 40.3 Å². The number of imidazole rings is 1. The number of nitrogens with zero attached hydrogens (tertiary/aromatic N) is 4. The van der Waals surface area contributed by atoms with Gasteiger partial charge >= 0.3 is 0 Å². The normalized spacial score (nSPS) is 15.7. The second-order valence-electron chi connectivity index (χ2n) is 6.19. The number of thiazole rings is 1. The first-order valence-corrected chi connectivity index (χ1v) is 9.13. The zero-order chi connectivity index (χ0) is 17.4. The molecule has 0 spiro atoms. The molecule has 1 aliphatic heterocycles. The fraction of sp³-hybridized carbons (Fsp3) is 0.333. The first-order valence-electron chi connectivity index (χ1n) is 8.25. The number of ether oxygens (including phenoxy) is 1. The van der Waals surface area contributed by atoms with Crippen LogP contribution in [0, 0.1) is 0 Å². The number of fused-ring (bicyclic) bond motifs is 1. The van der Waals surface area contributed by atoms with Gasteiger partial charge in [0.1, 0.15) is 5.75 Å². The van der Waals surface area contributed by atoms with E-state index in [-0.39, 0.29) is 5.91 Å². The number of likely N-dealkylation sites (N-methyl/N-ethyl adjacent to an activating group) is 1. The molecule has 4 rings (SSSR count). The molecule has 6 nitrogen and oxygen atoms in total. The minimum atomic E-state index is 0.00169. The van der Waals surface area contributed by atoms with Gasteiger partial charge in [0, 0.05) is 43.3 Å². The summed E-state index contributed by atoms with van der Waals surface area (Å²) in [6.07, 6.45) is 1.96. The summed E-state index contributed by atoms with van der Waals surface area (Å²) in [7, 11) is 3.72. The predicted molar refractivity (Wildman–Crippen MR) is 98.5 cm³/mol. The van der Waals surface area contributed by atoms with Crippen molar-refractivity contribution in [2.24, 2.45) is 0 Å². The Bertz CT molecular complexity index is 909. The summed E-state index contributed by atoms with van der Waals surface area (Å²) < 4.78 is 7.34. The number of benzene rings is 1. The Morgan fingerprint density at radius 3 is 2.80 bits per heavy atom. The van der Waals surface area contributed by atoms with E-state index in [1.165, 1.54) is 11.3 Å². The third kappa shape index (κ3) is 2.89. The summed E-state index contributed by atoms with van der Waals surface area (Å²) in [6.45, 7) is 3.25. The third-order valence-corrected chi connectivity index (χ3v) is 5.35. The van der Waals surface area contributed by atoms with Crippen LogP contribution in [0.4, 0.5) is 0 Å². The van der Waals surface area contributed by atoms with Crippen LogP contribution >= 0.6 is 11.3 Å². The van der Waals surface area contributed by atoms with Crippen LogP contribution in [0.3, 0.4) is 0 Å². The van der Waals surface area contributed by atoms with Crippen LogP contribution in [-0.4, -0.2) is 65.4 Å². The van der Waals surface area contributed by atoms with Crippen LogP contribution in [0.5, 0.6) is 5.75 Å². The first-order chi connectivity index (χ1) is 12.2. The highest BCUT2D eigenvalue weighted by Gasteiger charge is 2.27. The molecule has 1 saturated heterocycles. The average Bonchev–Trinajstić information content (AvgIpc) is 3.22. The van der Waals surface area contributed by atoms with Crippen molar-refractivity contribution in [1.82, 2.24) is 19.2 Å². The highest BCUT2D eigenvalue weighted by Crippen LogP contribution is 2.30. The number of methoxy groups -OCH3 is 1. The molecule has 7 heteroatoms. The van der Waals surface area contributed by atoms with Crippen molar-refractivity contribution in [3.8, 4) is 17.0 Å². The van der Waals surface area contributed by atoms with E-state index in [0.717, 1.165) is 48.1 Å². The second kappa shape index (κ2) is 6.50. The molecule has 0 bridgehead atoms. The van der Waals surface area contributed by atoms with Gasteiger partial charge in [-0.3, -0.25) is 9.20 Å². The molecule has 1 fully saturated rings. The van der Waals surface area contributed by atoms with Gasteiger partial charge in [-0.25, -0.2) is 4.98 Å².